The Hall–Kier alpha value is -3.35. The third kappa shape index (κ3) is 3.89. The summed E-state index contributed by atoms with van der Waals surface area (Å²) in [5.41, 5.74) is 1.22. The van der Waals surface area contributed by atoms with Crippen molar-refractivity contribution in [3.63, 3.8) is 0 Å². The first-order chi connectivity index (χ1) is 11.7. The van der Waals surface area contributed by atoms with Crippen molar-refractivity contribution in [3.05, 3.63) is 72.0 Å². The number of carbonyl (C=O) groups excluding carboxylic acids is 2. The Morgan fingerprint density at radius 1 is 1.00 bits per heavy atom. The molecule has 2 heterocycles. The van der Waals surface area contributed by atoms with Crippen molar-refractivity contribution in [3.8, 4) is 0 Å². The summed E-state index contributed by atoms with van der Waals surface area (Å²) in [6.07, 6.45) is 3.29. The molecule has 2 N–H and O–H groups in total. The predicted molar refractivity (Wildman–Crippen MR) is 85.6 cm³/mol. The van der Waals surface area contributed by atoms with Crippen molar-refractivity contribution < 1.29 is 18.4 Å². The minimum atomic E-state index is -0.502. The zero-order valence-electron chi connectivity index (χ0n) is 12.7. The second-order valence-electron chi connectivity index (χ2n) is 4.96. The van der Waals surface area contributed by atoms with E-state index in [9.17, 15) is 9.59 Å². The van der Waals surface area contributed by atoms with Crippen LogP contribution in [0.15, 0.2) is 63.8 Å². The normalized spacial score (nSPS) is 10.3. The Bertz CT molecular complexity index is 810. The van der Waals surface area contributed by atoms with Crippen LogP contribution in [0.2, 0.25) is 0 Å². The van der Waals surface area contributed by atoms with Crippen LogP contribution in [0.25, 0.3) is 0 Å². The van der Waals surface area contributed by atoms with Gasteiger partial charge in [-0.25, -0.2) is 0 Å². The summed E-state index contributed by atoms with van der Waals surface area (Å²) in [5, 5.41) is 5.16. The Morgan fingerprint density at radius 2 is 1.83 bits per heavy atom. The van der Waals surface area contributed by atoms with Gasteiger partial charge in [0.05, 0.1) is 6.26 Å². The van der Waals surface area contributed by atoms with E-state index in [1.165, 1.54) is 18.6 Å². The highest BCUT2D eigenvalue weighted by atomic mass is 16.4. The fraction of sp³-hybridized carbons (Fsp3) is 0.118. The molecular formula is C17H15N3O4. The van der Waals surface area contributed by atoms with Gasteiger partial charge in [0.15, 0.2) is 11.5 Å². The lowest BCUT2D eigenvalue weighted by molar-refractivity contribution is 0.0947. The van der Waals surface area contributed by atoms with Crippen molar-refractivity contribution in [1.82, 2.24) is 10.3 Å². The lowest BCUT2D eigenvalue weighted by Crippen LogP contribution is -2.26. The summed E-state index contributed by atoms with van der Waals surface area (Å²) in [5.74, 6) is -0.742. The number of amides is 2. The molecule has 2 amide bonds. The minimum absolute atomic E-state index is 0.0652. The van der Waals surface area contributed by atoms with Gasteiger partial charge >= 0.3 is 6.01 Å². The van der Waals surface area contributed by atoms with Gasteiger partial charge in [-0.2, -0.15) is 4.98 Å². The molecule has 7 heteroatoms. The monoisotopic (exact) mass is 325 g/mol. The van der Waals surface area contributed by atoms with E-state index in [1.807, 2.05) is 30.3 Å². The maximum absolute atomic E-state index is 12.0. The average molecular weight is 325 g/mol. The molecule has 1 aromatic carbocycles. The Balaban J connectivity index is 1.51. The van der Waals surface area contributed by atoms with Gasteiger partial charge in [0, 0.05) is 6.54 Å². The molecule has 0 fully saturated rings. The van der Waals surface area contributed by atoms with E-state index in [0.29, 0.717) is 13.0 Å². The van der Waals surface area contributed by atoms with E-state index in [-0.39, 0.29) is 23.4 Å². The summed E-state index contributed by atoms with van der Waals surface area (Å²) in [6, 6.07) is 12.9. The summed E-state index contributed by atoms with van der Waals surface area (Å²) < 4.78 is 10.0. The molecule has 24 heavy (non-hydrogen) atoms. The van der Waals surface area contributed by atoms with Crippen molar-refractivity contribution in [2.75, 3.05) is 11.9 Å². The molecule has 7 nitrogen and oxygen atoms in total. The molecule has 0 aliphatic rings. The van der Waals surface area contributed by atoms with Crippen LogP contribution < -0.4 is 10.6 Å². The summed E-state index contributed by atoms with van der Waals surface area (Å²) in [4.78, 5) is 27.7. The van der Waals surface area contributed by atoms with Crippen molar-refractivity contribution in [2.45, 2.75) is 6.42 Å². The van der Waals surface area contributed by atoms with Crippen molar-refractivity contribution >= 4 is 17.8 Å². The van der Waals surface area contributed by atoms with Crippen LogP contribution in [0.1, 0.15) is 26.6 Å². The van der Waals surface area contributed by atoms with Gasteiger partial charge in [0.2, 0.25) is 0 Å². The van der Waals surface area contributed by atoms with Crippen LogP contribution in [0.5, 0.6) is 0 Å². The van der Waals surface area contributed by atoms with E-state index in [4.69, 9.17) is 8.83 Å². The topological polar surface area (TPSA) is 97.4 Å². The largest absolute Gasteiger partial charge is 0.459 e. The lowest BCUT2D eigenvalue weighted by Gasteiger charge is -2.02. The molecule has 0 radical (unpaired) electrons. The van der Waals surface area contributed by atoms with Crippen LogP contribution in [-0.4, -0.2) is 23.3 Å². The lowest BCUT2D eigenvalue weighted by atomic mass is 10.1. The molecule has 2 aromatic heterocycles. The molecule has 0 bridgehead atoms. The van der Waals surface area contributed by atoms with Crippen molar-refractivity contribution in [1.29, 1.82) is 0 Å². The first kappa shape index (κ1) is 15.5. The maximum atomic E-state index is 12.0. The smallest absolute Gasteiger partial charge is 0.302 e. The zero-order chi connectivity index (χ0) is 16.8. The minimum Gasteiger partial charge on any atom is -0.459 e. The quantitative estimate of drug-likeness (QED) is 0.725. The molecule has 0 spiro atoms. The number of carbonyl (C=O) groups is 2. The number of hydrogen-bond acceptors (Lipinski definition) is 5. The Labute approximate surface area is 137 Å². The summed E-state index contributed by atoms with van der Waals surface area (Å²) in [7, 11) is 0. The molecule has 0 unspecified atom stereocenters. The van der Waals surface area contributed by atoms with Gasteiger partial charge < -0.3 is 14.2 Å². The molecular weight excluding hydrogens is 310 g/mol. The number of nitrogens with one attached hydrogen (secondary N) is 2. The molecule has 0 aliphatic heterocycles. The number of rotatable bonds is 6. The van der Waals surface area contributed by atoms with E-state index < -0.39 is 5.91 Å². The number of oxazole rings is 1. The van der Waals surface area contributed by atoms with E-state index in [1.54, 1.807) is 6.07 Å². The van der Waals surface area contributed by atoms with Crippen LogP contribution in [0.3, 0.4) is 0 Å². The molecule has 122 valence electrons. The number of nitrogens with zero attached hydrogens (tertiary/aromatic N) is 1. The van der Waals surface area contributed by atoms with E-state index >= 15 is 0 Å². The Kier molecular flexibility index (Phi) is 4.71. The highest BCUT2D eigenvalue weighted by Gasteiger charge is 2.15. The number of hydrogen-bond donors (Lipinski definition) is 2. The van der Waals surface area contributed by atoms with Gasteiger partial charge in [0.1, 0.15) is 6.26 Å². The number of furan rings is 1. The fourth-order valence-corrected chi connectivity index (χ4v) is 2.06. The standard InChI is InChI=1S/C17H15N3O4/c21-15(18-9-8-12-5-2-1-3-6-12)13-11-24-17(19-13)20-16(22)14-7-4-10-23-14/h1-7,10-11H,8-9H2,(H,18,21)(H,19,20,22). The maximum Gasteiger partial charge on any atom is 0.302 e. The third-order valence-electron chi connectivity index (χ3n) is 3.24. The van der Waals surface area contributed by atoms with Crippen molar-refractivity contribution in [2.24, 2.45) is 0 Å². The molecule has 0 aliphatic carbocycles. The van der Waals surface area contributed by atoms with Crippen LogP contribution >= 0.6 is 0 Å². The molecule has 0 saturated carbocycles. The number of anilines is 1. The van der Waals surface area contributed by atoms with Crippen LogP contribution in [-0.2, 0) is 6.42 Å². The summed E-state index contributed by atoms with van der Waals surface area (Å²) in [6.45, 7) is 0.476. The second-order valence-corrected chi connectivity index (χ2v) is 4.96. The van der Waals surface area contributed by atoms with Gasteiger partial charge in [-0.15, -0.1) is 0 Å². The third-order valence-corrected chi connectivity index (χ3v) is 3.24. The second kappa shape index (κ2) is 7.28. The van der Waals surface area contributed by atoms with Gasteiger partial charge in [0.25, 0.3) is 11.8 Å². The average Bonchev–Trinajstić information content (AvgIpc) is 3.27. The van der Waals surface area contributed by atoms with E-state index in [2.05, 4.69) is 15.6 Å². The SMILES string of the molecule is O=C(NCCc1ccccc1)c1coc(NC(=O)c2ccco2)n1. The van der Waals surface area contributed by atoms with Gasteiger partial charge in [-0.1, -0.05) is 30.3 Å². The first-order valence-electron chi connectivity index (χ1n) is 7.35. The van der Waals surface area contributed by atoms with Crippen LogP contribution in [0, 0.1) is 0 Å². The molecule has 0 atom stereocenters. The molecule has 3 rings (SSSR count). The van der Waals surface area contributed by atoms with E-state index in [0.717, 1.165) is 5.56 Å². The fourth-order valence-electron chi connectivity index (χ4n) is 2.06. The van der Waals surface area contributed by atoms with Gasteiger partial charge in [-0.05, 0) is 24.1 Å². The highest BCUT2D eigenvalue weighted by Crippen LogP contribution is 2.10. The van der Waals surface area contributed by atoms with Gasteiger partial charge in [-0.3, -0.25) is 14.9 Å². The zero-order valence-corrected chi connectivity index (χ0v) is 12.7. The van der Waals surface area contributed by atoms with Crippen LogP contribution in [0.4, 0.5) is 6.01 Å². The summed E-state index contributed by atoms with van der Waals surface area (Å²) >= 11 is 0. The molecule has 3 aromatic rings. The number of benzene rings is 1. The number of aromatic nitrogens is 1. The molecule has 0 saturated heterocycles. The Morgan fingerprint density at radius 3 is 2.58 bits per heavy atom. The predicted octanol–water partition coefficient (Wildman–Crippen LogP) is 2.49. The highest BCUT2D eigenvalue weighted by molar-refractivity contribution is 6.01. The first-order valence-corrected chi connectivity index (χ1v) is 7.35.